The Hall–Kier alpha value is -3.12. The van der Waals surface area contributed by atoms with E-state index in [2.05, 4.69) is 53.4 Å². The number of fused-ring (bicyclic) bond motifs is 1. The second-order valence-electron chi connectivity index (χ2n) is 7.92. The number of Topliss-reactive ketones (excluding diaryl/α,β-unsaturated/α-hetero) is 1. The van der Waals surface area contributed by atoms with E-state index in [0.29, 0.717) is 12.3 Å². The highest BCUT2D eigenvalue weighted by Gasteiger charge is 2.21. The van der Waals surface area contributed by atoms with Crippen molar-refractivity contribution in [1.29, 1.82) is 0 Å². The van der Waals surface area contributed by atoms with Crippen LogP contribution in [0, 0.1) is 13.8 Å². The number of nitrogens with zero attached hydrogens (tertiary/aromatic N) is 4. The van der Waals surface area contributed by atoms with E-state index < -0.39 is 0 Å². The van der Waals surface area contributed by atoms with Gasteiger partial charge in [0.05, 0.1) is 5.75 Å². The van der Waals surface area contributed by atoms with Crippen molar-refractivity contribution in [3.05, 3.63) is 78.0 Å². The first-order valence-corrected chi connectivity index (χ1v) is 11.9. The predicted molar refractivity (Wildman–Crippen MR) is 132 cm³/mol. The summed E-state index contributed by atoms with van der Waals surface area (Å²) in [6, 6.07) is 16.4. The highest BCUT2D eigenvalue weighted by atomic mass is 32.2. The maximum absolute atomic E-state index is 13.3. The molecule has 32 heavy (non-hydrogen) atoms. The number of ketones is 1. The average molecular weight is 445 g/mol. The Kier molecular flexibility index (Phi) is 6.61. The van der Waals surface area contributed by atoms with Gasteiger partial charge in [0.25, 0.3) is 0 Å². The lowest BCUT2D eigenvalue weighted by molar-refractivity contribution is 0.102. The molecule has 0 saturated heterocycles. The van der Waals surface area contributed by atoms with Gasteiger partial charge in [-0.25, -0.2) is 0 Å². The minimum absolute atomic E-state index is 0.115. The molecule has 0 amide bonds. The van der Waals surface area contributed by atoms with E-state index in [-0.39, 0.29) is 5.78 Å². The number of rotatable bonds is 9. The number of aromatic nitrogens is 4. The van der Waals surface area contributed by atoms with Crippen LogP contribution in [-0.4, -0.2) is 30.9 Å². The van der Waals surface area contributed by atoms with E-state index in [9.17, 15) is 4.79 Å². The van der Waals surface area contributed by atoms with Crippen molar-refractivity contribution >= 4 is 28.4 Å². The summed E-state index contributed by atoms with van der Waals surface area (Å²) in [5, 5.41) is 10.6. The van der Waals surface area contributed by atoms with Crippen LogP contribution >= 0.6 is 11.8 Å². The molecule has 0 aliphatic heterocycles. The largest absolute Gasteiger partial charge is 0.344 e. The summed E-state index contributed by atoms with van der Waals surface area (Å²) in [6.07, 6.45) is 2.85. The van der Waals surface area contributed by atoms with Crippen LogP contribution in [0.15, 0.2) is 66.3 Å². The summed E-state index contributed by atoms with van der Waals surface area (Å²) in [5.41, 5.74) is 5.15. The number of carbonyl (C=O) groups excluding carboxylic acids is 1. The Morgan fingerprint density at radius 1 is 1.09 bits per heavy atom. The van der Waals surface area contributed by atoms with Crippen molar-refractivity contribution in [2.45, 2.75) is 45.4 Å². The van der Waals surface area contributed by atoms with Gasteiger partial charge in [-0.05, 0) is 32.4 Å². The fourth-order valence-corrected chi connectivity index (χ4v) is 5.00. The molecule has 0 spiro atoms. The Labute approximate surface area is 193 Å². The van der Waals surface area contributed by atoms with Crippen molar-refractivity contribution in [2.24, 2.45) is 0 Å². The maximum atomic E-state index is 13.3. The summed E-state index contributed by atoms with van der Waals surface area (Å²) >= 11 is 1.43. The third-order valence-electron chi connectivity index (χ3n) is 5.59. The topological polar surface area (TPSA) is 52.7 Å². The zero-order valence-corrected chi connectivity index (χ0v) is 19.7. The fraction of sp³-hybridized carbons (Fsp3) is 0.269. The standard InChI is InChI=1S/C26H28N4OS/c1-5-14-29-19(4)24(21-12-7-8-13-22(21)29)23(31)17-32-26-28-27-25(30(26)15-6-2)20-11-9-10-18(3)16-20/h6-13,16H,2,5,14-15,17H2,1,3-4H3. The van der Waals surface area contributed by atoms with Crippen LogP contribution in [0.5, 0.6) is 0 Å². The van der Waals surface area contributed by atoms with Gasteiger partial charge in [0.15, 0.2) is 16.8 Å². The van der Waals surface area contributed by atoms with E-state index in [1.165, 1.54) is 17.3 Å². The number of thioether (sulfide) groups is 1. The number of hydrogen-bond donors (Lipinski definition) is 0. The molecule has 0 aliphatic carbocycles. The van der Waals surface area contributed by atoms with Crippen molar-refractivity contribution in [3.63, 3.8) is 0 Å². The molecule has 0 fully saturated rings. The molecular weight excluding hydrogens is 416 g/mol. The molecule has 5 nitrogen and oxygen atoms in total. The Morgan fingerprint density at radius 3 is 2.66 bits per heavy atom. The summed E-state index contributed by atoms with van der Waals surface area (Å²) in [4.78, 5) is 13.3. The van der Waals surface area contributed by atoms with Crippen molar-refractivity contribution in [1.82, 2.24) is 19.3 Å². The molecule has 0 unspecified atom stereocenters. The van der Waals surface area contributed by atoms with Gasteiger partial charge < -0.3 is 4.57 Å². The first-order valence-electron chi connectivity index (χ1n) is 10.9. The van der Waals surface area contributed by atoms with E-state index in [4.69, 9.17) is 0 Å². The van der Waals surface area contributed by atoms with E-state index in [0.717, 1.165) is 51.7 Å². The molecule has 2 aromatic carbocycles. The van der Waals surface area contributed by atoms with Gasteiger partial charge >= 0.3 is 0 Å². The molecule has 164 valence electrons. The second-order valence-corrected chi connectivity index (χ2v) is 8.86. The van der Waals surface area contributed by atoms with Crippen LogP contribution in [0.3, 0.4) is 0 Å². The Bertz CT molecular complexity index is 1280. The fourth-order valence-electron chi connectivity index (χ4n) is 4.18. The van der Waals surface area contributed by atoms with Gasteiger partial charge in [-0.3, -0.25) is 9.36 Å². The van der Waals surface area contributed by atoms with Crippen LogP contribution < -0.4 is 0 Å². The minimum atomic E-state index is 0.115. The molecule has 6 heteroatoms. The third-order valence-corrected chi connectivity index (χ3v) is 6.56. The lowest BCUT2D eigenvalue weighted by Crippen LogP contribution is -2.08. The molecule has 4 aromatic rings. The third kappa shape index (κ3) is 4.15. The van der Waals surface area contributed by atoms with Crippen LogP contribution in [0.1, 0.15) is 35.0 Å². The average Bonchev–Trinajstić information content (AvgIpc) is 3.31. The maximum Gasteiger partial charge on any atom is 0.192 e. The van der Waals surface area contributed by atoms with Crippen LogP contribution in [0.4, 0.5) is 0 Å². The molecule has 0 aliphatic rings. The lowest BCUT2D eigenvalue weighted by atomic mass is 10.1. The number of carbonyl (C=O) groups is 1. The SMILES string of the molecule is C=CCn1c(SCC(=O)c2c(C)n(CCC)c3ccccc23)nnc1-c1cccc(C)c1. The smallest absolute Gasteiger partial charge is 0.192 e. The van der Waals surface area contributed by atoms with Gasteiger partial charge in [0.2, 0.25) is 0 Å². The highest BCUT2D eigenvalue weighted by molar-refractivity contribution is 7.99. The summed E-state index contributed by atoms with van der Waals surface area (Å²) in [6.45, 7) is 11.6. The van der Waals surface area contributed by atoms with Gasteiger partial charge in [-0.15, -0.1) is 16.8 Å². The van der Waals surface area contributed by atoms with Gasteiger partial charge in [-0.2, -0.15) is 0 Å². The Morgan fingerprint density at radius 2 is 1.91 bits per heavy atom. The second kappa shape index (κ2) is 9.57. The monoisotopic (exact) mass is 444 g/mol. The molecule has 0 radical (unpaired) electrons. The van der Waals surface area contributed by atoms with Crippen LogP contribution in [0.2, 0.25) is 0 Å². The number of benzene rings is 2. The molecule has 0 bridgehead atoms. The number of para-hydroxylation sites is 1. The van der Waals surface area contributed by atoms with Crippen molar-refractivity contribution < 1.29 is 4.79 Å². The quantitative estimate of drug-likeness (QED) is 0.178. The number of aryl methyl sites for hydroxylation is 2. The highest BCUT2D eigenvalue weighted by Crippen LogP contribution is 2.30. The van der Waals surface area contributed by atoms with E-state index in [1.807, 2.05) is 47.9 Å². The van der Waals surface area contributed by atoms with Gasteiger partial charge in [0.1, 0.15) is 0 Å². The summed E-state index contributed by atoms with van der Waals surface area (Å²) in [7, 11) is 0. The van der Waals surface area contributed by atoms with E-state index in [1.54, 1.807) is 0 Å². The summed E-state index contributed by atoms with van der Waals surface area (Å²) in [5.74, 6) is 1.22. The first kappa shape index (κ1) is 22.1. The Balaban J connectivity index is 1.63. The zero-order chi connectivity index (χ0) is 22.7. The molecule has 0 N–H and O–H groups in total. The van der Waals surface area contributed by atoms with Crippen LogP contribution in [-0.2, 0) is 13.1 Å². The number of hydrogen-bond acceptors (Lipinski definition) is 4. The normalized spacial score (nSPS) is 11.2. The molecule has 0 atom stereocenters. The van der Waals surface area contributed by atoms with E-state index >= 15 is 0 Å². The molecule has 2 heterocycles. The number of allylic oxidation sites excluding steroid dienone is 1. The summed E-state index contributed by atoms with van der Waals surface area (Å²) < 4.78 is 4.27. The molecule has 4 rings (SSSR count). The lowest BCUT2D eigenvalue weighted by Gasteiger charge is -2.08. The molecular formula is C26H28N4OS. The molecule has 2 aromatic heterocycles. The predicted octanol–water partition coefficient (Wildman–Crippen LogP) is 6.09. The van der Waals surface area contributed by atoms with Crippen molar-refractivity contribution in [3.8, 4) is 11.4 Å². The molecule has 0 saturated carbocycles. The van der Waals surface area contributed by atoms with Crippen LogP contribution in [0.25, 0.3) is 22.3 Å². The van der Waals surface area contributed by atoms with Gasteiger partial charge in [-0.1, -0.05) is 66.7 Å². The minimum Gasteiger partial charge on any atom is -0.344 e. The first-order chi connectivity index (χ1) is 15.5. The van der Waals surface area contributed by atoms with Crippen molar-refractivity contribution in [2.75, 3.05) is 5.75 Å². The zero-order valence-electron chi connectivity index (χ0n) is 18.8. The van der Waals surface area contributed by atoms with Gasteiger partial charge in [0, 0.05) is 40.8 Å².